The Morgan fingerprint density at radius 1 is 1.40 bits per heavy atom. The number of rotatable bonds is 2. The van der Waals surface area contributed by atoms with E-state index in [1.807, 2.05) is 0 Å². The van der Waals surface area contributed by atoms with E-state index in [9.17, 15) is 14.7 Å². The van der Waals surface area contributed by atoms with Crippen LogP contribution in [0.2, 0.25) is 0 Å². The minimum atomic E-state index is -0.858. The van der Waals surface area contributed by atoms with Crippen LogP contribution in [0.5, 0.6) is 0 Å². The second-order valence-electron chi connectivity index (χ2n) is 5.20. The molecule has 2 saturated heterocycles. The largest absolute Gasteiger partial charge is 0.394 e. The monoisotopic (exact) mass is 285 g/mol. The van der Waals surface area contributed by atoms with Crippen molar-refractivity contribution in [3.05, 3.63) is 27.0 Å². The molecule has 0 spiro atoms. The summed E-state index contributed by atoms with van der Waals surface area (Å²) in [6.07, 6.45) is -1.58. The Labute approximate surface area is 113 Å². The Hall–Kier alpha value is -1.55. The zero-order valence-corrected chi connectivity index (χ0v) is 11.0. The topological polar surface area (TPSA) is 116 Å². The molecule has 3 rings (SSSR count). The summed E-state index contributed by atoms with van der Waals surface area (Å²) in [6.45, 7) is 3.20. The molecule has 2 unspecified atom stereocenters. The molecule has 20 heavy (non-hydrogen) atoms. The molecule has 110 valence electrons. The van der Waals surface area contributed by atoms with E-state index in [0.717, 1.165) is 10.9 Å². The van der Waals surface area contributed by atoms with E-state index in [4.69, 9.17) is 14.2 Å². The van der Waals surface area contributed by atoms with Crippen molar-refractivity contribution in [3.8, 4) is 0 Å². The van der Waals surface area contributed by atoms with Gasteiger partial charge in [-0.1, -0.05) is 0 Å². The number of aliphatic hydroxyl groups excluding tert-OH is 1. The number of hydrogen-bond acceptors (Lipinski definition) is 7. The highest BCUT2D eigenvalue weighted by Gasteiger charge is 2.56. The molecule has 2 aliphatic heterocycles. The van der Waals surface area contributed by atoms with Gasteiger partial charge < -0.3 is 19.3 Å². The van der Waals surface area contributed by atoms with Gasteiger partial charge in [0.15, 0.2) is 12.0 Å². The second-order valence-corrected chi connectivity index (χ2v) is 5.20. The molecule has 2 aliphatic rings. The summed E-state index contributed by atoms with van der Waals surface area (Å²) in [6, 6.07) is 0. The molecule has 1 aromatic heterocycles. The number of H-pyrrole nitrogens is 1. The first-order valence-corrected chi connectivity index (χ1v) is 6.21. The minimum Gasteiger partial charge on any atom is -0.394 e. The predicted molar refractivity (Wildman–Crippen MR) is 63.9 cm³/mol. The average Bonchev–Trinajstić information content (AvgIpc) is 2.83. The molecule has 9 heteroatoms. The third kappa shape index (κ3) is 2.08. The summed E-state index contributed by atoms with van der Waals surface area (Å²) in [7, 11) is 0. The lowest BCUT2D eigenvalue weighted by Crippen LogP contribution is -2.39. The standard InChI is InChI=1S/C11H15N3O6/c1-11(2)19-7-5(4-15)18-9(8(7)20-11)14-10(17)13-6(16)3-12-14/h3,5,7-9,15H,4H2,1-2H3,(H,13,16,17)/t5-,7?,8?,9-/m1/s1. The molecule has 3 heterocycles. The molecule has 0 aliphatic carbocycles. The van der Waals surface area contributed by atoms with Crippen molar-refractivity contribution in [1.29, 1.82) is 0 Å². The van der Waals surface area contributed by atoms with E-state index in [-0.39, 0.29) is 6.61 Å². The Bertz CT molecular complexity index is 623. The van der Waals surface area contributed by atoms with E-state index in [2.05, 4.69) is 10.1 Å². The Balaban J connectivity index is 1.98. The van der Waals surface area contributed by atoms with Crippen LogP contribution < -0.4 is 11.2 Å². The van der Waals surface area contributed by atoms with Crippen LogP contribution in [0.1, 0.15) is 20.1 Å². The SMILES string of the molecule is CC1(C)OC2C(O1)[C@@H](CO)O[C@H]2n1ncc(=O)[nH]c1=O. The molecule has 0 aromatic carbocycles. The van der Waals surface area contributed by atoms with Crippen LogP contribution in [-0.4, -0.2) is 50.6 Å². The molecule has 0 amide bonds. The van der Waals surface area contributed by atoms with E-state index in [0.29, 0.717) is 0 Å². The van der Waals surface area contributed by atoms with Gasteiger partial charge in [-0.25, -0.2) is 4.79 Å². The molecule has 0 saturated carbocycles. The van der Waals surface area contributed by atoms with Gasteiger partial charge in [0.2, 0.25) is 0 Å². The molecule has 1 aromatic rings. The summed E-state index contributed by atoms with van der Waals surface area (Å²) >= 11 is 0. The zero-order chi connectivity index (χ0) is 14.5. The molecular weight excluding hydrogens is 270 g/mol. The third-order valence-corrected chi connectivity index (χ3v) is 3.28. The number of nitrogens with one attached hydrogen (secondary N) is 1. The first-order chi connectivity index (χ1) is 9.41. The van der Waals surface area contributed by atoms with Gasteiger partial charge in [-0.05, 0) is 13.8 Å². The van der Waals surface area contributed by atoms with Crippen molar-refractivity contribution in [2.24, 2.45) is 0 Å². The number of fused-ring (bicyclic) bond motifs is 1. The first-order valence-electron chi connectivity index (χ1n) is 6.21. The van der Waals surface area contributed by atoms with Crippen LogP contribution in [-0.2, 0) is 14.2 Å². The molecule has 2 N–H and O–H groups in total. The summed E-state index contributed by atoms with van der Waals surface area (Å²) in [5.74, 6) is -0.837. The molecule has 0 radical (unpaired) electrons. The van der Waals surface area contributed by atoms with Gasteiger partial charge in [0.25, 0.3) is 5.56 Å². The third-order valence-electron chi connectivity index (χ3n) is 3.28. The Morgan fingerprint density at radius 3 is 2.75 bits per heavy atom. The molecule has 0 bridgehead atoms. The second kappa shape index (κ2) is 4.48. The van der Waals surface area contributed by atoms with Crippen LogP contribution in [0.15, 0.2) is 15.8 Å². The summed E-state index contributed by atoms with van der Waals surface area (Å²) in [4.78, 5) is 24.9. The maximum Gasteiger partial charge on any atom is 0.347 e. The van der Waals surface area contributed by atoms with Gasteiger partial charge in [0.05, 0.1) is 6.61 Å². The highest BCUT2D eigenvalue weighted by molar-refractivity contribution is 4.96. The van der Waals surface area contributed by atoms with Crippen molar-refractivity contribution < 1.29 is 19.3 Å². The van der Waals surface area contributed by atoms with E-state index >= 15 is 0 Å². The van der Waals surface area contributed by atoms with E-state index < -0.39 is 41.6 Å². The number of aliphatic hydroxyl groups is 1. The van der Waals surface area contributed by atoms with Crippen molar-refractivity contribution in [2.45, 2.75) is 44.2 Å². The average molecular weight is 285 g/mol. The highest BCUT2D eigenvalue weighted by atomic mass is 16.8. The normalized spacial score (nSPS) is 35.1. The van der Waals surface area contributed by atoms with Gasteiger partial charge in [-0.15, -0.1) is 0 Å². The van der Waals surface area contributed by atoms with Gasteiger partial charge in [0, 0.05) is 0 Å². The van der Waals surface area contributed by atoms with Crippen molar-refractivity contribution in [3.63, 3.8) is 0 Å². The fourth-order valence-electron chi connectivity index (χ4n) is 2.55. The maximum atomic E-state index is 11.8. The van der Waals surface area contributed by atoms with Gasteiger partial charge >= 0.3 is 5.69 Å². The van der Waals surface area contributed by atoms with Gasteiger partial charge in [-0.3, -0.25) is 9.78 Å². The van der Waals surface area contributed by atoms with Crippen LogP contribution in [0.4, 0.5) is 0 Å². The van der Waals surface area contributed by atoms with Gasteiger partial charge in [-0.2, -0.15) is 9.78 Å². The molecule has 2 fully saturated rings. The minimum absolute atomic E-state index is 0.269. The Morgan fingerprint density at radius 2 is 2.10 bits per heavy atom. The molecule has 9 nitrogen and oxygen atoms in total. The lowest BCUT2D eigenvalue weighted by atomic mass is 10.1. The fourth-order valence-corrected chi connectivity index (χ4v) is 2.55. The van der Waals surface area contributed by atoms with Crippen LogP contribution in [0.25, 0.3) is 0 Å². The maximum absolute atomic E-state index is 11.8. The molecule has 4 atom stereocenters. The summed E-state index contributed by atoms with van der Waals surface area (Å²) < 4.78 is 17.9. The van der Waals surface area contributed by atoms with Crippen molar-refractivity contribution >= 4 is 0 Å². The van der Waals surface area contributed by atoms with E-state index in [1.165, 1.54) is 0 Å². The van der Waals surface area contributed by atoms with Crippen LogP contribution in [0.3, 0.4) is 0 Å². The lowest BCUT2D eigenvalue weighted by Gasteiger charge is -2.23. The van der Waals surface area contributed by atoms with Crippen molar-refractivity contribution in [2.75, 3.05) is 6.61 Å². The van der Waals surface area contributed by atoms with Gasteiger partial charge in [0.1, 0.15) is 24.5 Å². The quantitative estimate of drug-likeness (QED) is 0.668. The fraction of sp³-hybridized carbons (Fsp3) is 0.727. The van der Waals surface area contributed by atoms with Crippen molar-refractivity contribution in [1.82, 2.24) is 14.8 Å². The molecular formula is C11H15N3O6. The first kappa shape index (κ1) is 13.4. The lowest BCUT2D eigenvalue weighted by molar-refractivity contribution is -0.202. The van der Waals surface area contributed by atoms with Crippen LogP contribution >= 0.6 is 0 Å². The number of aromatic nitrogens is 3. The van der Waals surface area contributed by atoms with Crippen LogP contribution in [0, 0.1) is 0 Å². The smallest absolute Gasteiger partial charge is 0.347 e. The number of nitrogens with zero attached hydrogens (tertiary/aromatic N) is 2. The number of hydrogen-bond donors (Lipinski definition) is 2. The Kier molecular flexibility index (Phi) is 3.01. The summed E-state index contributed by atoms with van der Waals surface area (Å²) in [5, 5.41) is 13.1. The number of ether oxygens (including phenoxy) is 3. The number of aromatic amines is 1. The summed E-state index contributed by atoms with van der Waals surface area (Å²) in [5.41, 5.74) is -1.29. The van der Waals surface area contributed by atoms with E-state index in [1.54, 1.807) is 13.8 Å². The zero-order valence-electron chi connectivity index (χ0n) is 11.0. The highest BCUT2D eigenvalue weighted by Crippen LogP contribution is 2.41. The predicted octanol–water partition coefficient (Wildman–Crippen LogP) is -1.66.